The number of piperidine rings is 1. The van der Waals surface area contributed by atoms with Crippen LogP contribution in [0.15, 0.2) is 42.5 Å². The third-order valence-electron chi connectivity index (χ3n) is 4.05. The van der Waals surface area contributed by atoms with E-state index in [0.29, 0.717) is 43.4 Å². The number of hydrogen-bond acceptors (Lipinski definition) is 5. The minimum Gasteiger partial charge on any atom is -0.489 e. The molecular weight excluding hydrogens is 342 g/mol. The van der Waals surface area contributed by atoms with Gasteiger partial charge in [-0.1, -0.05) is 41.9 Å². The molecule has 3 rings (SSSR count). The van der Waals surface area contributed by atoms with E-state index in [1.807, 2.05) is 36.4 Å². The molecule has 2 heterocycles. The van der Waals surface area contributed by atoms with Crippen LogP contribution in [0.4, 0.5) is 10.6 Å². The lowest BCUT2D eigenvalue weighted by molar-refractivity contribution is 0.0911. The van der Waals surface area contributed by atoms with Gasteiger partial charge in [-0.05, 0) is 5.56 Å². The van der Waals surface area contributed by atoms with Crippen LogP contribution in [0.1, 0.15) is 18.4 Å². The number of aromatic nitrogens is 1. The summed E-state index contributed by atoms with van der Waals surface area (Å²) in [4.78, 5) is 17.3. The third kappa shape index (κ3) is 5.00. The number of carbonyl (C=O) groups excluding carboxylic acids is 1. The number of amides is 1. The fourth-order valence-corrected chi connectivity index (χ4v) is 3.01. The van der Waals surface area contributed by atoms with Crippen LogP contribution >= 0.6 is 11.6 Å². The van der Waals surface area contributed by atoms with E-state index in [0.717, 1.165) is 11.4 Å². The standard InChI is InChI=1S/C18H20ClN3O3/c19-16-10-15(24-12-13-4-2-1-3-5-13)11-17(21-16)22-8-6-14(7-9-22)25-18(20)23/h1-5,10-11,14H,6-9,12H2,(H2,20,23). The van der Waals surface area contributed by atoms with Gasteiger partial charge in [-0.15, -0.1) is 0 Å². The number of carbonyl (C=O) groups is 1. The number of rotatable bonds is 5. The van der Waals surface area contributed by atoms with E-state index in [2.05, 4.69) is 9.88 Å². The molecule has 0 aliphatic carbocycles. The minimum atomic E-state index is -0.726. The van der Waals surface area contributed by atoms with E-state index in [9.17, 15) is 4.79 Å². The van der Waals surface area contributed by atoms with Crippen molar-refractivity contribution in [2.24, 2.45) is 5.73 Å². The number of hydrogen-bond donors (Lipinski definition) is 1. The van der Waals surface area contributed by atoms with Crippen molar-refractivity contribution in [2.45, 2.75) is 25.6 Å². The van der Waals surface area contributed by atoms with Gasteiger partial charge in [0, 0.05) is 38.1 Å². The zero-order valence-electron chi connectivity index (χ0n) is 13.7. The number of halogens is 1. The summed E-state index contributed by atoms with van der Waals surface area (Å²) < 4.78 is 10.9. The van der Waals surface area contributed by atoms with Crippen molar-refractivity contribution in [3.8, 4) is 5.75 Å². The molecule has 1 aliphatic heterocycles. The molecule has 2 N–H and O–H groups in total. The molecule has 6 nitrogen and oxygen atoms in total. The lowest BCUT2D eigenvalue weighted by atomic mass is 10.1. The SMILES string of the molecule is NC(=O)OC1CCN(c2cc(OCc3ccccc3)cc(Cl)n2)CC1. The van der Waals surface area contributed by atoms with Gasteiger partial charge in [0.05, 0.1) is 0 Å². The molecule has 1 saturated heterocycles. The van der Waals surface area contributed by atoms with Gasteiger partial charge in [0.1, 0.15) is 29.4 Å². The first-order chi connectivity index (χ1) is 12.1. The Labute approximate surface area is 151 Å². The molecule has 1 amide bonds. The molecule has 1 fully saturated rings. The van der Waals surface area contributed by atoms with Gasteiger partial charge in [0.2, 0.25) is 0 Å². The van der Waals surface area contributed by atoms with Crippen LogP contribution in [-0.2, 0) is 11.3 Å². The molecule has 25 heavy (non-hydrogen) atoms. The van der Waals surface area contributed by atoms with Crippen LogP contribution in [-0.4, -0.2) is 30.3 Å². The van der Waals surface area contributed by atoms with E-state index < -0.39 is 6.09 Å². The smallest absolute Gasteiger partial charge is 0.404 e. The molecule has 0 radical (unpaired) electrons. The predicted molar refractivity (Wildman–Crippen MR) is 95.9 cm³/mol. The maximum absolute atomic E-state index is 10.8. The highest BCUT2D eigenvalue weighted by Crippen LogP contribution is 2.27. The second-order valence-corrected chi connectivity index (χ2v) is 6.27. The van der Waals surface area contributed by atoms with E-state index in [4.69, 9.17) is 26.8 Å². The molecule has 0 atom stereocenters. The second kappa shape index (κ2) is 8.07. The van der Waals surface area contributed by atoms with Gasteiger partial charge in [0.25, 0.3) is 0 Å². The molecule has 0 unspecified atom stereocenters. The Kier molecular flexibility index (Phi) is 5.60. The summed E-state index contributed by atoms with van der Waals surface area (Å²) in [5.74, 6) is 1.43. The van der Waals surface area contributed by atoms with E-state index in [-0.39, 0.29) is 6.10 Å². The Morgan fingerprint density at radius 3 is 2.64 bits per heavy atom. The summed E-state index contributed by atoms with van der Waals surface area (Å²) in [5, 5.41) is 0.385. The molecule has 0 saturated carbocycles. The predicted octanol–water partition coefficient (Wildman–Crippen LogP) is 3.38. The van der Waals surface area contributed by atoms with Crippen LogP contribution in [0, 0.1) is 0 Å². The summed E-state index contributed by atoms with van der Waals surface area (Å²) in [6.07, 6.45) is 0.548. The Morgan fingerprint density at radius 1 is 1.24 bits per heavy atom. The first kappa shape index (κ1) is 17.4. The molecule has 0 spiro atoms. The number of primary amides is 1. The van der Waals surface area contributed by atoms with Crippen molar-refractivity contribution in [2.75, 3.05) is 18.0 Å². The summed E-state index contributed by atoms with van der Waals surface area (Å²) in [5.41, 5.74) is 6.15. The highest BCUT2D eigenvalue weighted by Gasteiger charge is 2.23. The summed E-state index contributed by atoms with van der Waals surface area (Å²) in [6.45, 7) is 1.89. The largest absolute Gasteiger partial charge is 0.489 e. The Hall–Kier alpha value is -2.47. The maximum Gasteiger partial charge on any atom is 0.404 e. The molecule has 2 aromatic rings. The number of pyridine rings is 1. The zero-order valence-corrected chi connectivity index (χ0v) is 14.5. The molecule has 132 valence electrons. The van der Waals surface area contributed by atoms with Gasteiger partial charge < -0.3 is 20.1 Å². The van der Waals surface area contributed by atoms with Crippen molar-refractivity contribution in [1.29, 1.82) is 0 Å². The first-order valence-electron chi connectivity index (χ1n) is 8.15. The Morgan fingerprint density at radius 2 is 1.96 bits per heavy atom. The van der Waals surface area contributed by atoms with Crippen molar-refractivity contribution in [3.05, 3.63) is 53.2 Å². The number of benzene rings is 1. The van der Waals surface area contributed by atoms with Crippen LogP contribution in [0.3, 0.4) is 0 Å². The topological polar surface area (TPSA) is 77.7 Å². The monoisotopic (exact) mass is 361 g/mol. The number of nitrogens with zero attached hydrogens (tertiary/aromatic N) is 2. The highest BCUT2D eigenvalue weighted by molar-refractivity contribution is 6.29. The maximum atomic E-state index is 10.8. The summed E-state index contributed by atoms with van der Waals surface area (Å²) in [7, 11) is 0. The minimum absolute atomic E-state index is 0.137. The molecule has 7 heteroatoms. The third-order valence-corrected chi connectivity index (χ3v) is 4.24. The average Bonchev–Trinajstić information content (AvgIpc) is 2.60. The second-order valence-electron chi connectivity index (χ2n) is 5.88. The molecule has 1 aromatic carbocycles. The van der Waals surface area contributed by atoms with Crippen molar-refractivity contribution in [1.82, 2.24) is 4.98 Å². The van der Waals surface area contributed by atoms with Gasteiger partial charge >= 0.3 is 6.09 Å². The van der Waals surface area contributed by atoms with Gasteiger partial charge in [-0.25, -0.2) is 9.78 Å². The number of ether oxygens (including phenoxy) is 2. The van der Waals surface area contributed by atoms with Crippen LogP contribution in [0.2, 0.25) is 5.15 Å². The van der Waals surface area contributed by atoms with E-state index >= 15 is 0 Å². The van der Waals surface area contributed by atoms with Gasteiger partial charge in [-0.2, -0.15) is 0 Å². The number of nitrogens with two attached hydrogens (primary N) is 1. The lowest BCUT2D eigenvalue weighted by Gasteiger charge is -2.32. The van der Waals surface area contributed by atoms with Gasteiger partial charge in [0.15, 0.2) is 0 Å². The Bertz CT molecular complexity index is 719. The lowest BCUT2D eigenvalue weighted by Crippen LogP contribution is -2.39. The quantitative estimate of drug-likeness (QED) is 0.826. The molecule has 0 bridgehead atoms. The highest BCUT2D eigenvalue weighted by atomic mass is 35.5. The van der Waals surface area contributed by atoms with Crippen LogP contribution in [0.25, 0.3) is 0 Å². The zero-order chi connectivity index (χ0) is 17.6. The first-order valence-corrected chi connectivity index (χ1v) is 8.53. The summed E-state index contributed by atoms with van der Waals surface area (Å²) in [6, 6.07) is 13.5. The molecule has 1 aromatic heterocycles. The summed E-state index contributed by atoms with van der Waals surface area (Å²) >= 11 is 6.14. The van der Waals surface area contributed by atoms with Gasteiger partial charge in [-0.3, -0.25) is 0 Å². The number of anilines is 1. The fraction of sp³-hybridized carbons (Fsp3) is 0.333. The van der Waals surface area contributed by atoms with E-state index in [1.165, 1.54) is 0 Å². The normalized spacial score (nSPS) is 15.0. The van der Waals surface area contributed by atoms with Crippen molar-refractivity contribution >= 4 is 23.5 Å². The van der Waals surface area contributed by atoms with Crippen molar-refractivity contribution < 1.29 is 14.3 Å². The molecular formula is C18H20ClN3O3. The fourth-order valence-electron chi connectivity index (χ4n) is 2.81. The van der Waals surface area contributed by atoms with Crippen LogP contribution < -0.4 is 15.4 Å². The Balaban J connectivity index is 1.63. The molecule has 1 aliphatic rings. The van der Waals surface area contributed by atoms with Crippen molar-refractivity contribution in [3.63, 3.8) is 0 Å². The van der Waals surface area contributed by atoms with Crippen LogP contribution in [0.5, 0.6) is 5.75 Å². The van der Waals surface area contributed by atoms with E-state index in [1.54, 1.807) is 6.07 Å². The average molecular weight is 362 g/mol.